The normalized spacial score (nSPS) is 11.9. The number of H-pyrrole nitrogens is 2. The molecule has 9 heteroatoms. The first kappa shape index (κ1) is 20.3. The highest BCUT2D eigenvalue weighted by atomic mass is 19.1. The predicted octanol–water partition coefficient (Wildman–Crippen LogP) is 4.05. The van der Waals surface area contributed by atoms with Gasteiger partial charge in [-0.15, -0.1) is 0 Å². The van der Waals surface area contributed by atoms with Crippen molar-refractivity contribution in [3.63, 3.8) is 0 Å². The largest absolute Gasteiger partial charge is 0.361 e. The summed E-state index contributed by atoms with van der Waals surface area (Å²) in [5, 5.41) is 14.7. The number of rotatable bonds is 6. The Kier molecular flexibility index (Phi) is 5.24. The Balaban J connectivity index is 1.56. The predicted molar refractivity (Wildman–Crippen MR) is 117 cm³/mol. The van der Waals surface area contributed by atoms with Gasteiger partial charge in [-0.2, -0.15) is 0 Å². The van der Waals surface area contributed by atoms with Crippen molar-refractivity contribution < 1.29 is 9.31 Å². The van der Waals surface area contributed by atoms with Crippen LogP contribution in [0.4, 0.5) is 10.1 Å². The van der Waals surface area contributed by atoms with E-state index in [9.17, 15) is 19.3 Å². The Morgan fingerprint density at radius 2 is 1.97 bits per heavy atom. The average Bonchev–Trinajstić information content (AvgIpc) is 3.27. The molecule has 0 atom stereocenters. The van der Waals surface area contributed by atoms with E-state index >= 15 is 0 Å². The van der Waals surface area contributed by atoms with Crippen molar-refractivity contribution in [1.82, 2.24) is 14.8 Å². The van der Waals surface area contributed by atoms with Crippen LogP contribution in [0.5, 0.6) is 0 Å². The average molecular weight is 421 g/mol. The minimum absolute atomic E-state index is 0.0461. The summed E-state index contributed by atoms with van der Waals surface area (Å²) < 4.78 is 14.9. The number of hydrogen-bond donors (Lipinski definition) is 2. The number of halogens is 1. The highest BCUT2D eigenvalue weighted by Crippen LogP contribution is 2.20. The SMILES string of the molecule is CC(=NCCc1c[nH]c2ccc(F)cc12)c1c(C)[nH]n(-c2ccc([N+](=O)[O-])cc2)c1=O. The summed E-state index contributed by atoms with van der Waals surface area (Å²) in [7, 11) is 0. The van der Waals surface area contributed by atoms with E-state index in [1.165, 1.54) is 41.1 Å². The molecule has 8 nitrogen and oxygen atoms in total. The van der Waals surface area contributed by atoms with E-state index in [1.807, 2.05) is 6.20 Å². The first-order chi connectivity index (χ1) is 14.8. The van der Waals surface area contributed by atoms with Gasteiger partial charge in [-0.25, -0.2) is 9.07 Å². The van der Waals surface area contributed by atoms with Crippen molar-refractivity contribution in [3.05, 3.63) is 91.8 Å². The van der Waals surface area contributed by atoms with Crippen molar-refractivity contribution in [1.29, 1.82) is 0 Å². The zero-order valence-electron chi connectivity index (χ0n) is 17.0. The molecule has 2 aromatic carbocycles. The molecule has 0 aliphatic carbocycles. The fraction of sp³-hybridized carbons (Fsp3) is 0.182. The zero-order chi connectivity index (χ0) is 22.1. The minimum Gasteiger partial charge on any atom is -0.361 e. The van der Waals surface area contributed by atoms with Crippen molar-refractivity contribution in [2.24, 2.45) is 4.99 Å². The molecule has 2 aromatic heterocycles. The van der Waals surface area contributed by atoms with Crippen molar-refractivity contribution in [2.45, 2.75) is 20.3 Å². The third-order valence-corrected chi connectivity index (χ3v) is 5.21. The summed E-state index contributed by atoms with van der Waals surface area (Å²) in [5.74, 6) is -0.289. The van der Waals surface area contributed by atoms with Crippen molar-refractivity contribution >= 4 is 22.3 Å². The Hall–Kier alpha value is -4.01. The molecule has 2 heterocycles. The van der Waals surface area contributed by atoms with Gasteiger partial charge in [0.1, 0.15) is 5.82 Å². The van der Waals surface area contributed by atoms with E-state index in [2.05, 4.69) is 15.1 Å². The fourth-order valence-electron chi connectivity index (χ4n) is 3.66. The maximum absolute atomic E-state index is 13.5. The number of aromatic amines is 2. The molecular formula is C22H20FN5O3. The van der Waals surface area contributed by atoms with Crippen LogP contribution in [0.1, 0.15) is 23.7 Å². The van der Waals surface area contributed by atoms with E-state index < -0.39 is 4.92 Å². The lowest BCUT2D eigenvalue weighted by Crippen LogP contribution is -2.20. The second kappa shape index (κ2) is 8.02. The first-order valence-corrected chi connectivity index (χ1v) is 9.68. The van der Waals surface area contributed by atoms with Crippen LogP contribution in [0.15, 0.2) is 58.4 Å². The molecule has 158 valence electrons. The van der Waals surface area contributed by atoms with Crippen molar-refractivity contribution in [2.75, 3.05) is 6.54 Å². The fourth-order valence-corrected chi connectivity index (χ4v) is 3.66. The third kappa shape index (κ3) is 3.89. The quantitative estimate of drug-likeness (QED) is 0.278. The number of nitro groups is 1. The van der Waals surface area contributed by atoms with Gasteiger partial charge in [-0.05, 0) is 56.2 Å². The highest BCUT2D eigenvalue weighted by Gasteiger charge is 2.16. The topological polar surface area (TPSA) is 109 Å². The summed E-state index contributed by atoms with van der Waals surface area (Å²) in [5.41, 5.74) is 3.70. The van der Waals surface area contributed by atoms with Crippen molar-refractivity contribution in [3.8, 4) is 5.69 Å². The van der Waals surface area contributed by atoms with Gasteiger partial charge in [0.15, 0.2) is 0 Å². The highest BCUT2D eigenvalue weighted by molar-refractivity contribution is 5.99. The molecule has 0 bridgehead atoms. The monoisotopic (exact) mass is 421 g/mol. The molecule has 0 aliphatic rings. The zero-order valence-corrected chi connectivity index (χ0v) is 17.0. The molecule has 4 aromatic rings. The third-order valence-electron chi connectivity index (χ3n) is 5.21. The van der Waals surface area contributed by atoms with Gasteiger partial charge in [0.25, 0.3) is 11.2 Å². The summed E-state index contributed by atoms with van der Waals surface area (Å²) in [4.78, 5) is 30.9. The number of hydrogen-bond acceptors (Lipinski definition) is 4. The second-order valence-electron chi connectivity index (χ2n) is 7.25. The molecule has 0 saturated carbocycles. The number of nitro benzene ring substituents is 1. The van der Waals surface area contributed by atoms with E-state index in [4.69, 9.17) is 0 Å². The first-order valence-electron chi connectivity index (χ1n) is 9.68. The van der Waals surface area contributed by atoms with Crippen LogP contribution in [0.25, 0.3) is 16.6 Å². The van der Waals surface area contributed by atoms with E-state index in [1.54, 1.807) is 19.9 Å². The molecule has 0 spiro atoms. The maximum Gasteiger partial charge on any atom is 0.280 e. The number of fused-ring (bicyclic) bond motifs is 1. The second-order valence-corrected chi connectivity index (χ2v) is 7.25. The molecular weight excluding hydrogens is 401 g/mol. The van der Waals surface area contributed by atoms with Gasteiger partial charge < -0.3 is 4.98 Å². The minimum atomic E-state index is -0.489. The molecule has 2 N–H and O–H groups in total. The number of aliphatic imine (C=N–C) groups is 1. The number of benzene rings is 2. The lowest BCUT2D eigenvalue weighted by molar-refractivity contribution is -0.384. The molecule has 0 unspecified atom stereocenters. The van der Waals surface area contributed by atoms with Gasteiger partial charge in [-0.3, -0.25) is 25.0 Å². The van der Waals surface area contributed by atoms with Gasteiger partial charge in [0.2, 0.25) is 0 Å². The smallest absolute Gasteiger partial charge is 0.280 e. The summed E-state index contributed by atoms with van der Waals surface area (Å²) in [6.45, 7) is 3.99. The Labute approximate surface area is 176 Å². The molecule has 31 heavy (non-hydrogen) atoms. The number of aryl methyl sites for hydroxylation is 1. The maximum atomic E-state index is 13.5. The van der Waals surface area contributed by atoms with Crippen LogP contribution in [-0.2, 0) is 6.42 Å². The number of aromatic nitrogens is 3. The van der Waals surface area contributed by atoms with Crippen LogP contribution in [0, 0.1) is 22.9 Å². The number of nitrogens with zero attached hydrogens (tertiary/aromatic N) is 3. The number of non-ortho nitro benzene ring substituents is 1. The molecule has 0 fully saturated rings. The van der Waals surface area contributed by atoms with E-state index in [0.29, 0.717) is 35.6 Å². The van der Waals surface area contributed by atoms with Crippen LogP contribution in [0.2, 0.25) is 0 Å². The standard InChI is InChI=1S/C22H20FN5O3/c1-13(24-10-9-15-12-25-20-8-3-16(23)11-19(15)20)21-14(2)26-27(22(21)29)17-4-6-18(7-5-17)28(30)31/h3-8,11-12,25-26H,9-10H2,1-2H3. The summed E-state index contributed by atoms with van der Waals surface area (Å²) in [6, 6.07) is 10.3. The van der Waals surface area contributed by atoms with E-state index in [0.717, 1.165) is 16.5 Å². The van der Waals surface area contributed by atoms with Crippen LogP contribution in [0.3, 0.4) is 0 Å². The molecule has 4 rings (SSSR count). The molecule has 0 aliphatic heterocycles. The van der Waals surface area contributed by atoms with Crippen LogP contribution in [-0.4, -0.2) is 31.9 Å². The van der Waals surface area contributed by atoms with Gasteiger partial charge in [0.05, 0.1) is 16.2 Å². The molecule has 0 saturated heterocycles. The van der Waals surface area contributed by atoms with Gasteiger partial charge in [0, 0.05) is 47.2 Å². The summed E-state index contributed by atoms with van der Waals surface area (Å²) in [6.07, 6.45) is 2.44. The lowest BCUT2D eigenvalue weighted by Gasteiger charge is -2.01. The van der Waals surface area contributed by atoms with Gasteiger partial charge >= 0.3 is 0 Å². The lowest BCUT2D eigenvalue weighted by atomic mass is 10.1. The Morgan fingerprint density at radius 3 is 2.68 bits per heavy atom. The molecule has 0 radical (unpaired) electrons. The Bertz CT molecular complexity index is 1360. The molecule has 0 amide bonds. The Morgan fingerprint density at radius 1 is 1.23 bits per heavy atom. The summed E-state index contributed by atoms with van der Waals surface area (Å²) >= 11 is 0. The van der Waals surface area contributed by atoms with Crippen LogP contribution < -0.4 is 5.56 Å². The van der Waals surface area contributed by atoms with Gasteiger partial charge in [-0.1, -0.05) is 0 Å². The van der Waals surface area contributed by atoms with E-state index in [-0.39, 0.29) is 17.1 Å². The number of nitrogens with one attached hydrogen (secondary N) is 2. The van der Waals surface area contributed by atoms with Crippen LogP contribution >= 0.6 is 0 Å².